The quantitative estimate of drug-likeness (QED) is 0.515. The van der Waals surface area contributed by atoms with Crippen molar-refractivity contribution >= 4 is 10.8 Å². The van der Waals surface area contributed by atoms with E-state index in [0.717, 1.165) is 6.42 Å². The molecular weight excluding hydrogens is 358 g/mol. The van der Waals surface area contributed by atoms with Crippen molar-refractivity contribution in [2.75, 3.05) is 19.8 Å². The van der Waals surface area contributed by atoms with Gasteiger partial charge in [-0.2, -0.15) is 0 Å². The number of fused-ring (bicyclic) bond motifs is 1. The third-order valence-electron chi connectivity index (χ3n) is 5.32. The molecule has 0 fully saturated rings. The summed E-state index contributed by atoms with van der Waals surface area (Å²) >= 11 is 0. The Hall–Kier alpha value is -2.20. The van der Waals surface area contributed by atoms with E-state index < -0.39 is 6.10 Å². The largest absolute Gasteiger partial charge is 0.389 e. The van der Waals surface area contributed by atoms with Crippen molar-refractivity contribution in [1.82, 2.24) is 5.32 Å². The smallest absolute Gasteiger partial charge is 0.0897 e. The Morgan fingerprint density at radius 2 is 1.59 bits per heavy atom. The van der Waals surface area contributed by atoms with Crippen LogP contribution in [0.4, 0.5) is 0 Å². The van der Waals surface area contributed by atoms with E-state index in [2.05, 4.69) is 80.7 Å². The molecule has 3 rings (SSSR count). The second-order valence-corrected chi connectivity index (χ2v) is 8.63. The van der Waals surface area contributed by atoms with Crippen LogP contribution in [0.15, 0.2) is 72.8 Å². The Labute approximate surface area is 174 Å². The number of benzene rings is 3. The summed E-state index contributed by atoms with van der Waals surface area (Å²) < 4.78 is 5.75. The Bertz CT molecular complexity index is 891. The molecule has 0 radical (unpaired) electrons. The van der Waals surface area contributed by atoms with Gasteiger partial charge in [-0.1, -0.05) is 79.7 Å². The van der Waals surface area contributed by atoms with Crippen LogP contribution >= 0.6 is 0 Å². The minimum atomic E-state index is -0.520. The Morgan fingerprint density at radius 3 is 2.34 bits per heavy atom. The van der Waals surface area contributed by atoms with Gasteiger partial charge in [-0.15, -0.1) is 0 Å². The maximum Gasteiger partial charge on any atom is 0.0897 e. The summed E-state index contributed by atoms with van der Waals surface area (Å²) in [5, 5.41) is 16.3. The van der Waals surface area contributed by atoms with Gasteiger partial charge in [0.1, 0.15) is 0 Å². The van der Waals surface area contributed by atoms with E-state index in [4.69, 9.17) is 4.74 Å². The van der Waals surface area contributed by atoms with Gasteiger partial charge in [0.15, 0.2) is 0 Å². The lowest BCUT2D eigenvalue weighted by molar-refractivity contribution is 0.0291. The molecule has 29 heavy (non-hydrogen) atoms. The highest BCUT2D eigenvalue weighted by atomic mass is 16.5. The van der Waals surface area contributed by atoms with Gasteiger partial charge in [0, 0.05) is 18.0 Å². The Morgan fingerprint density at radius 1 is 0.897 bits per heavy atom. The predicted octanol–water partition coefficient (Wildman–Crippen LogP) is 4.93. The summed E-state index contributed by atoms with van der Waals surface area (Å²) in [6, 6.07) is 25.4. The summed E-state index contributed by atoms with van der Waals surface area (Å²) in [5.74, 6) is 0.320. The second-order valence-electron chi connectivity index (χ2n) is 8.63. The fraction of sp³-hybridized carbons (Fsp3) is 0.385. The summed E-state index contributed by atoms with van der Waals surface area (Å²) in [5.41, 5.74) is 2.45. The highest BCUT2D eigenvalue weighted by Gasteiger charge is 2.19. The van der Waals surface area contributed by atoms with Crippen molar-refractivity contribution in [2.45, 2.75) is 44.8 Å². The van der Waals surface area contributed by atoms with Gasteiger partial charge in [-0.3, -0.25) is 0 Å². The van der Waals surface area contributed by atoms with Crippen molar-refractivity contribution in [3.63, 3.8) is 0 Å². The molecule has 3 heteroatoms. The van der Waals surface area contributed by atoms with E-state index in [1.807, 2.05) is 18.2 Å². The molecule has 154 valence electrons. The molecule has 3 aromatic rings. The molecule has 0 aromatic heterocycles. The maximum absolute atomic E-state index is 10.3. The fourth-order valence-corrected chi connectivity index (χ4v) is 3.63. The van der Waals surface area contributed by atoms with Crippen molar-refractivity contribution in [2.24, 2.45) is 0 Å². The van der Waals surface area contributed by atoms with Gasteiger partial charge in [0.05, 0.1) is 19.3 Å². The van der Waals surface area contributed by atoms with Gasteiger partial charge < -0.3 is 15.2 Å². The van der Waals surface area contributed by atoms with Crippen LogP contribution in [0.1, 0.15) is 37.8 Å². The van der Waals surface area contributed by atoms with Crippen LogP contribution < -0.4 is 5.32 Å². The van der Waals surface area contributed by atoms with Crippen LogP contribution in [0.2, 0.25) is 0 Å². The number of β-amino-alcohol motifs (C(OH)–C–C–N with tert-alkyl or cyclic N) is 1. The molecule has 0 saturated heterocycles. The maximum atomic E-state index is 10.3. The van der Waals surface area contributed by atoms with Crippen LogP contribution in [-0.2, 0) is 11.2 Å². The average Bonchev–Trinajstić information content (AvgIpc) is 2.72. The van der Waals surface area contributed by atoms with Crippen LogP contribution in [-0.4, -0.2) is 36.5 Å². The van der Waals surface area contributed by atoms with Crippen LogP contribution in [0, 0.1) is 0 Å². The number of ether oxygens (including phenoxy) is 1. The van der Waals surface area contributed by atoms with Crippen LogP contribution in [0.5, 0.6) is 0 Å². The first kappa shape index (κ1) is 21.5. The molecule has 0 spiro atoms. The monoisotopic (exact) mass is 391 g/mol. The average molecular weight is 392 g/mol. The summed E-state index contributed by atoms with van der Waals surface area (Å²) in [6.07, 6.45) is 0.380. The molecule has 2 atom stereocenters. The number of nitrogens with one attached hydrogen (secondary N) is 1. The molecule has 0 aliphatic carbocycles. The molecule has 0 bridgehead atoms. The highest BCUT2D eigenvalue weighted by Crippen LogP contribution is 2.19. The summed E-state index contributed by atoms with van der Waals surface area (Å²) in [6.45, 7) is 7.96. The lowest BCUT2D eigenvalue weighted by atomic mass is 9.93. The van der Waals surface area contributed by atoms with Crippen molar-refractivity contribution in [3.8, 4) is 0 Å². The first-order valence-electron chi connectivity index (χ1n) is 10.5. The zero-order valence-corrected chi connectivity index (χ0v) is 17.8. The standard InChI is InChI=1S/C26H33NO2/c1-20(22-9-5-4-6-10-22)18-29-19-25(28)17-27-26(2,3)16-21-13-14-23-11-7-8-12-24(23)15-21/h4-15,20,25,27-28H,16-19H2,1-3H3/t20?,25-/m1/s1. The first-order valence-corrected chi connectivity index (χ1v) is 10.5. The number of hydrogen-bond acceptors (Lipinski definition) is 3. The molecule has 0 aliphatic heterocycles. The summed E-state index contributed by atoms with van der Waals surface area (Å²) in [7, 11) is 0. The highest BCUT2D eigenvalue weighted by molar-refractivity contribution is 5.83. The van der Waals surface area contributed by atoms with Gasteiger partial charge in [-0.05, 0) is 42.2 Å². The molecule has 1 unspecified atom stereocenters. The SMILES string of the molecule is CC(COC[C@H](O)CNC(C)(C)Cc1ccc2ccccc2c1)c1ccccc1. The molecule has 2 N–H and O–H groups in total. The molecule has 0 amide bonds. The van der Waals surface area contributed by atoms with E-state index in [1.54, 1.807) is 0 Å². The minimum absolute atomic E-state index is 0.110. The minimum Gasteiger partial charge on any atom is -0.389 e. The third kappa shape index (κ3) is 6.67. The molecule has 3 nitrogen and oxygen atoms in total. The van der Waals surface area contributed by atoms with E-state index in [0.29, 0.717) is 25.7 Å². The van der Waals surface area contributed by atoms with Crippen molar-refractivity contribution < 1.29 is 9.84 Å². The summed E-state index contributed by atoms with van der Waals surface area (Å²) in [4.78, 5) is 0. The van der Waals surface area contributed by atoms with Gasteiger partial charge in [0.2, 0.25) is 0 Å². The number of aliphatic hydroxyl groups is 1. The van der Waals surface area contributed by atoms with Gasteiger partial charge in [0.25, 0.3) is 0 Å². The Kier molecular flexibility index (Phi) is 7.43. The Balaban J connectivity index is 1.42. The first-order chi connectivity index (χ1) is 13.9. The molecule has 0 aliphatic rings. The van der Waals surface area contributed by atoms with E-state index in [1.165, 1.54) is 21.9 Å². The molecule has 3 aromatic carbocycles. The van der Waals surface area contributed by atoms with Crippen LogP contribution in [0.3, 0.4) is 0 Å². The normalized spacial score (nSPS) is 14.1. The van der Waals surface area contributed by atoms with Crippen molar-refractivity contribution in [1.29, 1.82) is 0 Å². The molecular formula is C26H33NO2. The fourth-order valence-electron chi connectivity index (χ4n) is 3.63. The van der Waals surface area contributed by atoms with Gasteiger partial charge in [-0.25, -0.2) is 0 Å². The lowest BCUT2D eigenvalue weighted by Crippen LogP contribution is -2.46. The number of aliphatic hydroxyl groups excluding tert-OH is 1. The topological polar surface area (TPSA) is 41.5 Å². The lowest BCUT2D eigenvalue weighted by Gasteiger charge is -2.28. The van der Waals surface area contributed by atoms with E-state index in [-0.39, 0.29) is 5.54 Å². The third-order valence-corrected chi connectivity index (χ3v) is 5.32. The van der Waals surface area contributed by atoms with E-state index in [9.17, 15) is 5.11 Å². The van der Waals surface area contributed by atoms with Crippen LogP contribution in [0.25, 0.3) is 10.8 Å². The van der Waals surface area contributed by atoms with Crippen molar-refractivity contribution in [3.05, 3.63) is 83.9 Å². The predicted molar refractivity (Wildman–Crippen MR) is 121 cm³/mol. The number of rotatable bonds is 10. The van der Waals surface area contributed by atoms with E-state index >= 15 is 0 Å². The molecule has 0 heterocycles. The second kappa shape index (κ2) is 10.0. The molecule has 0 saturated carbocycles. The zero-order chi connectivity index (χ0) is 20.7. The van der Waals surface area contributed by atoms with Gasteiger partial charge >= 0.3 is 0 Å². The number of hydrogen-bond donors (Lipinski definition) is 2. The zero-order valence-electron chi connectivity index (χ0n) is 17.8.